The fraction of sp³-hybridized carbons (Fsp3) is 0.160. The summed E-state index contributed by atoms with van der Waals surface area (Å²) in [4.78, 5) is 29.9. The molecule has 14 heteroatoms. The number of amides is 2. The van der Waals surface area contributed by atoms with E-state index in [1.165, 1.54) is 27.7 Å². The largest absolute Gasteiger partial charge is 0.471 e. The normalized spacial score (nSPS) is 11.3. The number of nitrogens with one attached hydrogen (secondary N) is 1. The van der Waals surface area contributed by atoms with E-state index in [9.17, 15) is 18.4 Å². The third-order valence-corrected chi connectivity index (χ3v) is 7.14. The van der Waals surface area contributed by atoms with Gasteiger partial charge in [0.1, 0.15) is 26.8 Å². The maximum atomic E-state index is 13.7. The van der Waals surface area contributed by atoms with Crippen molar-refractivity contribution in [3.8, 4) is 16.9 Å². The summed E-state index contributed by atoms with van der Waals surface area (Å²) in [5.41, 5.74) is 6.76. The number of alkyl halides is 2. The molecule has 0 saturated heterocycles. The Morgan fingerprint density at radius 1 is 1.21 bits per heavy atom. The molecule has 4 aromatic heterocycles. The first-order valence-electron chi connectivity index (χ1n) is 11.4. The number of aryl methyl sites for hydroxylation is 2. The molecule has 5 rings (SSSR count). The Morgan fingerprint density at radius 3 is 2.59 bits per heavy atom. The number of nitrogens with zero attached hydrogens (tertiary/aromatic N) is 5. The van der Waals surface area contributed by atoms with Crippen LogP contribution in [0.4, 0.5) is 14.5 Å². The zero-order valence-electron chi connectivity index (χ0n) is 20.5. The Kier molecular flexibility index (Phi) is 7.02. The lowest BCUT2D eigenvalue weighted by Crippen LogP contribution is -2.21. The van der Waals surface area contributed by atoms with Gasteiger partial charge in [-0.25, -0.2) is 18.4 Å². The van der Waals surface area contributed by atoms with Gasteiger partial charge >= 0.3 is 0 Å². The Labute approximate surface area is 229 Å². The van der Waals surface area contributed by atoms with Crippen LogP contribution in [0.1, 0.15) is 38.0 Å². The van der Waals surface area contributed by atoms with Crippen LogP contribution in [0.5, 0.6) is 5.75 Å². The first-order chi connectivity index (χ1) is 18.6. The van der Waals surface area contributed by atoms with E-state index in [1.54, 1.807) is 44.4 Å². The van der Waals surface area contributed by atoms with Crippen molar-refractivity contribution in [1.29, 1.82) is 0 Å². The highest BCUT2D eigenvalue weighted by molar-refractivity contribution is 7.21. The molecule has 39 heavy (non-hydrogen) atoms. The third-order valence-electron chi connectivity index (χ3n) is 5.79. The number of benzene rings is 1. The number of thiophene rings is 1. The molecule has 0 bridgehead atoms. The Bertz CT molecular complexity index is 1710. The zero-order valence-corrected chi connectivity index (χ0v) is 22.1. The molecule has 0 spiro atoms. The quantitative estimate of drug-likeness (QED) is 0.264. The van der Waals surface area contributed by atoms with Crippen LogP contribution >= 0.6 is 22.9 Å². The summed E-state index contributed by atoms with van der Waals surface area (Å²) in [6, 6.07) is 9.37. The summed E-state index contributed by atoms with van der Waals surface area (Å²) < 4.78 is 36.1. The van der Waals surface area contributed by atoms with Crippen molar-refractivity contribution in [2.75, 3.05) is 5.32 Å². The average Bonchev–Trinajstić information content (AvgIpc) is 3.60. The highest BCUT2D eigenvalue weighted by Gasteiger charge is 2.27. The number of hydrogen-bond donors (Lipinski definition) is 2. The van der Waals surface area contributed by atoms with Gasteiger partial charge in [-0.2, -0.15) is 10.2 Å². The van der Waals surface area contributed by atoms with Gasteiger partial charge in [0, 0.05) is 35.4 Å². The molecule has 200 valence electrons. The minimum Gasteiger partial charge on any atom is -0.471 e. The molecule has 0 fully saturated rings. The first kappa shape index (κ1) is 26.3. The van der Waals surface area contributed by atoms with Crippen molar-refractivity contribution < 1.29 is 23.1 Å². The number of anilines is 1. The van der Waals surface area contributed by atoms with Crippen LogP contribution < -0.4 is 15.8 Å². The predicted octanol–water partition coefficient (Wildman–Crippen LogP) is 5.18. The molecule has 0 aliphatic heterocycles. The average molecular weight is 572 g/mol. The van der Waals surface area contributed by atoms with Crippen LogP contribution in [-0.4, -0.2) is 36.4 Å². The van der Waals surface area contributed by atoms with E-state index in [4.69, 9.17) is 22.1 Å². The monoisotopic (exact) mass is 571 g/mol. The topological polar surface area (TPSA) is 130 Å². The summed E-state index contributed by atoms with van der Waals surface area (Å²) in [5.74, 6) is -0.958. The molecule has 0 saturated carbocycles. The summed E-state index contributed by atoms with van der Waals surface area (Å²) in [6.07, 6.45) is 0.217. The molecule has 5 aromatic rings. The van der Waals surface area contributed by atoms with E-state index >= 15 is 0 Å². The van der Waals surface area contributed by atoms with Gasteiger partial charge in [0.05, 0.1) is 11.4 Å². The lowest BCUT2D eigenvalue weighted by atomic mass is 10.0. The van der Waals surface area contributed by atoms with E-state index < -0.39 is 23.9 Å². The van der Waals surface area contributed by atoms with Crippen LogP contribution in [0.25, 0.3) is 21.3 Å². The molecule has 2 amide bonds. The van der Waals surface area contributed by atoms with Gasteiger partial charge in [0.2, 0.25) is 0 Å². The number of nitrogens with two attached hydrogens (primary N) is 1. The second kappa shape index (κ2) is 10.4. The van der Waals surface area contributed by atoms with Crippen LogP contribution in [-0.2, 0) is 13.8 Å². The Hall–Kier alpha value is -4.36. The van der Waals surface area contributed by atoms with E-state index in [2.05, 4.69) is 20.5 Å². The molecule has 0 radical (unpaired) electrons. The number of rotatable bonds is 8. The molecule has 10 nitrogen and oxygen atoms in total. The molecule has 0 aliphatic carbocycles. The standard InChI is InChI=1S/C25H20ClF2N7O3S/c1-12-16(10-34(2)33-12)15-9-17(22(27)28)31-25-19(15)20(21(39-25)23(29)36)32-24(37)18-7-8-30-35(18)11-38-14-5-3-13(26)4-6-14/h3-10,22H,11H2,1-2H3,(H2,29,36)(H,32,37). The van der Waals surface area contributed by atoms with Gasteiger partial charge in [0.25, 0.3) is 18.2 Å². The number of pyridine rings is 1. The molecule has 4 heterocycles. The molecular weight excluding hydrogens is 552 g/mol. The van der Waals surface area contributed by atoms with Gasteiger partial charge in [-0.15, -0.1) is 11.3 Å². The number of halogens is 3. The smallest absolute Gasteiger partial charge is 0.280 e. The lowest BCUT2D eigenvalue weighted by Gasteiger charge is -2.12. The minimum atomic E-state index is -2.86. The maximum absolute atomic E-state index is 13.7. The van der Waals surface area contributed by atoms with Crippen LogP contribution in [0.2, 0.25) is 5.02 Å². The van der Waals surface area contributed by atoms with Gasteiger partial charge in [-0.05, 0) is 48.9 Å². The summed E-state index contributed by atoms with van der Waals surface area (Å²) in [6.45, 7) is 1.63. The van der Waals surface area contributed by atoms with E-state index in [-0.39, 0.29) is 27.8 Å². The molecule has 0 aliphatic rings. The summed E-state index contributed by atoms with van der Waals surface area (Å²) in [7, 11) is 1.70. The van der Waals surface area contributed by atoms with Gasteiger partial charge in [0.15, 0.2) is 6.73 Å². The summed E-state index contributed by atoms with van der Waals surface area (Å²) >= 11 is 6.72. The number of aromatic nitrogens is 5. The Morgan fingerprint density at radius 2 is 1.95 bits per heavy atom. The van der Waals surface area contributed by atoms with Crippen LogP contribution in [0.15, 0.2) is 48.8 Å². The Balaban J connectivity index is 1.56. The number of carbonyl (C=O) groups excluding carboxylic acids is 2. The molecule has 3 N–H and O–H groups in total. The number of primary amides is 1. The van der Waals surface area contributed by atoms with Gasteiger partial charge < -0.3 is 15.8 Å². The minimum absolute atomic E-state index is 0.0384. The fourth-order valence-electron chi connectivity index (χ4n) is 4.07. The van der Waals surface area contributed by atoms with Crippen molar-refractivity contribution in [1.82, 2.24) is 24.5 Å². The second-order valence-electron chi connectivity index (χ2n) is 8.45. The van der Waals surface area contributed by atoms with Crippen molar-refractivity contribution in [2.45, 2.75) is 20.1 Å². The van der Waals surface area contributed by atoms with Crippen LogP contribution in [0, 0.1) is 6.92 Å². The predicted molar refractivity (Wildman–Crippen MR) is 142 cm³/mol. The van der Waals surface area contributed by atoms with E-state index in [0.29, 0.717) is 33.0 Å². The SMILES string of the molecule is Cc1nn(C)cc1-c1cc(C(F)F)nc2sc(C(N)=O)c(NC(=O)c3ccnn3COc3ccc(Cl)cc3)c12. The van der Waals surface area contributed by atoms with Crippen molar-refractivity contribution in [2.24, 2.45) is 12.8 Å². The molecule has 0 atom stereocenters. The van der Waals surface area contributed by atoms with Gasteiger partial charge in [-0.1, -0.05) is 11.6 Å². The van der Waals surface area contributed by atoms with Crippen LogP contribution in [0.3, 0.4) is 0 Å². The van der Waals surface area contributed by atoms with E-state index in [0.717, 1.165) is 11.3 Å². The lowest BCUT2D eigenvalue weighted by molar-refractivity contribution is 0.100. The molecule has 1 aromatic carbocycles. The highest BCUT2D eigenvalue weighted by atomic mass is 35.5. The number of ether oxygens (including phenoxy) is 1. The van der Waals surface area contributed by atoms with Crippen molar-refractivity contribution in [3.05, 3.63) is 75.8 Å². The molecular formula is C25H20ClF2N7O3S. The van der Waals surface area contributed by atoms with Crippen molar-refractivity contribution >= 4 is 50.7 Å². The van der Waals surface area contributed by atoms with E-state index in [1.807, 2.05) is 0 Å². The van der Waals surface area contributed by atoms with Gasteiger partial charge in [-0.3, -0.25) is 14.3 Å². The number of hydrogen-bond acceptors (Lipinski definition) is 7. The maximum Gasteiger partial charge on any atom is 0.280 e. The summed E-state index contributed by atoms with van der Waals surface area (Å²) in [5, 5.41) is 12.0. The molecule has 0 unspecified atom stereocenters. The third kappa shape index (κ3) is 5.18. The highest BCUT2D eigenvalue weighted by Crippen LogP contribution is 2.43. The second-order valence-corrected chi connectivity index (χ2v) is 9.88. The number of carbonyl (C=O) groups is 2. The number of fused-ring (bicyclic) bond motifs is 1. The zero-order chi connectivity index (χ0) is 27.8. The fourth-order valence-corrected chi connectivity index (χ4v) is 5.21. The van der Waals surface area contributed by atoms with Crippen molar-refractivity contribution in [3.63, 3.8) is 0 Å². The first-order valence-corrected chi connectivity index (χ1v) is 12.6.